The van der Waals surface area contributed by atoms with E-state index in [1.165, 1.54) is 6.07 Å². The van der Waals surface area contributed by atoms with Crippen LogP contribution in [0.2, 0.25) is 10.0 Å². The van der Waals surface area contributed by atoms with Gasteiger partial charge in [-0.2, -0.15) is 0 Å². The predicted molar refractivity (Wildman–Crippen MR) is 125 cm³/mol. The molecule has 0 saturated carbocycles. The van der Waals surface area contributed by atoms with Crippen molar-refractivity contribution >= 4 is 58.2 Å². The van der Waals surface area contributed by atoms with E-state index in [9.17, 15) is 9.59 Å². The van der Waals surface area contributed by atoms with Crippen LogP contribution in [0.3, 0.4) is 0 Å². The van der Waals surface area contributed by atoms with Gasteiger partial charge in [0.15, 0.2) is 0 Å². The molecule has 7 heteroatoms. The van der Waals surface area contributed by atoms with Crippen LogP contribution in [0.1, 0.15) is 26.9 Å². The number of aryl methyl sites for hydroxylation is 1. The summed E-state index contributed by atoms with van der Waals surface area (Å²) < 4.78 is 0. The molecule has 1 N–H and O–H groups in total. The van der Waals surface area contributed by atoms with E-state index in [-0.39, 0.29) is 17.2 Å². The summed E-state index contributed by atoms with van der Waals surface area (Å²) >= 11 is 13.6. The number of rotatable bonds is 4. The van der Waals surface area contributed by atoms with Crippen LogP contribution in [-0.2, 0) is 4.79 Å². The van der Waals surface area contributed by atoms with Crippen molar-refractivity contribution in [2.24, 2.45) is 0 Å². The first-order chi connectivity index (χ1) is 14.4. The lowest BCUT2D eigenvalue weighted by molar-refractivity contribution is -0.115. The zero-order valence-corrected chi connectivity index (χ0v) is 18.4. The van der Waals surface area contributed by atoms with Crippen molar-refractivity contribution in [1.29, 1.82) is 0 Å². The largest absolute Gasteiger partial charge is 0.322 e. The molecule has 4 rings (SSSR count). The number of amides is 2. The second-order valence-electron chi connectivity index (χ2n) is 6.97. The zero-order chi connectivity index (χ0) is 21.3. The third-order valence-electron chi connectivity index (χ3n) is 4.79. The van der Waals surface area contributed by atoms with Gasteiger partial charge in [-0.05, 0) is 55.0 Å². The van der Waals surface area contributed by atoms with Gasteiger partial charge in [-0.1, -0.05) is 53.0 Å². The van der Waals surface area contributed by atoms with E-state index in [2.05, 4.69) is 5.32 Å². The molecule has 1 fully saturated rings. The van der Waals surface area contributed by atoms with Crippen LogP contribution in [0.5, 0.6) is 0 Å². The van der Waals surface area contributed by atoms with Crippen LogP contribution in [0, 0.1) is 6.92 Å². The fraction of sp³-hybridized carbons (Fsp3) is 0.130. The van der Waals surface area contributed by atoms with Gasteiger partial charge in [0.25, 0.3) is 5.91 Å². The van der Waals surface area contributed by atoms with E-state index >= 15 is 0 Å². The number of anilines is 2. The minimum Gasteiger partial charge on any atom is -0.322 e. The van der Waals surface area contributed by atoms with E-state index < -0.39 is 0 Å². The second-order valence-corrected chi connectivity index (χ2v) is 8.88. The maximum Gasteiger partial charge on any atom is 0.257 e. The second kappa shape index (κ2) is 8.72. The summed E-state index contributed by atoms with van der Waals surface area (Å²) in [6.07, 6.45) is 0. The number of nitrogens with one attached hydrogen (secondary N) is 1. The van der Waals surface area contributed by atoms with Gasteiger partial charge >= 0.3 is 0 Å². The quantitative estimate of drug-likeness (QED) is 0.498. The Balaban J connectivity index is 1.58. The van der Waals surface area contributed by atoms with Crippen molar-refractivity contribution in [2.75, 3.05) is 16.0 Å². The first kappa shape index (κ1) is 20.8. The minimum atomic E-state index is -0.320. The molecule has 0 bridgehead atoms. The molecule has 1 aliphatic rings. The molecular formula is C23H18Cl2N2O2S. The highest BCUT2D eigenvalue weighted by molar-refractivity contribution is 8.00. The van der Waals surface area contributed by atoms with Gasteiger partial charge in [0.1, 0.15) is 5.37 Å². The number of carbonyl (C=O) groups excluding carboxylic acids is 2. The Morgan fingerprint density at radius 2 is 1.83 bits per heavy atom. The number of benzene rings is 3. The highest BCUT2D eigenvalue weighted by Gasteiger charge is 2.34. The van der Waals surface area contributed by atoms with Gasteiger partial charge in [-0.3, -0.25) is 14.5 Å². The standard InChI is InChI=1S/C23H18Cl2N2O2S/c1-14-5-8-18(9-6-14)27-21(28)13-30-23(27)15-3-2-4-17(11-15)26-22(29)19-10-7-16(24)12-20(19)25/h2-12,23H,13H2,1H3,(H,26,29). The van der Waals surface area contributed by atoms with Crippen molar-refractivity contribution in [2.45, 2.75) is 12.3 Å². The monoisotopic (exact) mass is 456 g/mol. The third kappa shape index (κ3) is 4.33. The average molecular weight is 457 g/mol. The fourth-order valence-corrected chi connectivity index (χ4v) is 4.96. The maximum atomic E-state index is 12.6. The molecule has 30 heavy (non-hydrogen) atoms. The number of hydrogen-bond acceptors (Lipinski definition) is 3. The van der Waals surface area contributed by atoms with Gasteiger partial charge in [0.05, 0.1) is 16.3 Å². The summed E-state index contributed by atoms with van der Waals surface area (Å²) in [5.41, 5.74) is 3.92. The topological polar surface area (TPSA) is 49.4 Å². The van der Waals surface area contributed by atoms with Crippen molar-refractivity contribution in [1.82, 2.24) is 0 Å². The minimum absolute atomic E-state index is 0.0660. The molecule has 1 atom stereocenters. The number of halogens is 2. The summed E-state index contributed by atoms with van der Waals surface area (Å²) in [7, 11) is 0. The van der Waals surface area contributed by atoms with Crippen LogP contribution >= 0.6 is 35.0 Å². The summed E-state index contributed by atoms with van der Waals surface area (Å²) in [6.45, 7) is 2.01. The Morgan fingerprint density at radius 3 is 2.57 bits per heavy atom. The molecule has 0 spiro atoms. The Morgan fingerprint density at radius 1 is 1.07 bits per heavy atom. The summed E-state index contributed by atoms with van der Waals surface area (Å²) in [5.74, 6) is 0.158. The van der Waals surface area contributed by atoms with Crippen molar-refractivity contribution in [3.63, 3.8) is 0 Å². The van der Waals surface area contributed by atoms with Crippen LogP contribution in [0.4, 0.5) is 11.4 Å². The number of carbonyl (C=O) groups is 2. The van der Waals surface area contributed by atoms with E-state index in [1.54, 1.807) is 28.8 Å². The van der Waals surface area contributed by atoms with Gasteiger partial charge in [0, 0.05) is 16.4 Å². The highest BCUT2D eigenvalue weighted by Crippen LogP contribution is 2.42. The SMILES string of the molecule is Cc1ccc(N2C(=O)CSC2c2cccc(NC(=O)c3ccc(Cl)cc3Cl)c2)cc1. The van der Waals surface area contributed by atoms with Crippen LogP contribution in [0.25, 0.3) is 0 Å². The Kier molecular flexibility index (Phi) is 6.04. The number of nitrogens with zero attached hydrogens (tertiary/aromatic N) is 1. The summed E-state index contributed by atoms with van der Waals surface area (Å²) in [5, 5.41) is 3.48. The number of thioether (sulfide) groups is 1. The normalized spacial score (nSPS) is 16.0. The van der Waals surface area contributed by atoms with E-state index in [0.29, 0.717) is 27.0 Å². The zero-order valence-electron chi connectivity index (χ0n) is 16.1. The van der Waals surface area contributed by atoms with Gasteiger partial charge in [0.2, 0.25) is 5.91 Å². The lowest BCUT2D eigenvalue weighted by Gasteiger charge is -2.25. The average Bonchev–Trinajstić information content (AvgIpc) is 3.10. The van der Waals surface area contributed by atoms with Crippen LogP contribution in [0.15, 0.2) is 66.7 Å². The van der Waals surface area contributed by atoms with E-state index in [1.807, 2.05) is 55.5 Å². The van der Waals surface area contributed by atoms with E-state index in [0.717, 1.165) is 16.8 Å². The molecule has 1 heterocycles. The Labute approximate surface area is 189 Å². The Hall–Kier alpha value is -2.47. The molecular weight excluding hydrogens is 439 g/mol. The lowest BCUT2D eigenvalue weighted by Crippen LogP contribution is -2.27. The molecule has 152 valence electrons. The fourth-order valence-electron chi connectivity index (χ4n) is 3.30. The first-order valence-electron chi connectivity index (χ1n) is 9.29. The van der Waals surface area contributed by atoms with Crippen molar-refractivity contribution < 1.29 is 9.59 Å². The predicted octanol–water partition coefficient (Wildman–Crippen LogP) is 6.33. The molecule has 1 aliphatic heterocycles. The number of hydrogen-bond donors (Lipinski definition) is 1. The molecule has 1 unspecified atom stereocenters. The third-order valence-corrected chi connectivity index (χ3v) is 6.55. The van der Waals surface area contributed by atoms with E-state index in [4.69, 9.17) is 23.2 Å². The Bertz CT molecular complexity index is 1120. The summed E-state index contributed by atoms with van der Waals surface area (Å²) in [4.78, 5) is 27.0. The highest BCUT2D eigenvalue weighted by atomic mass is 35.5. The van der Waals surface area contributed by atoms with Gasteiger partial charge < -0.3 is 5.32 Å². The van der Waals surface area contributed by atoms with Crippen molar-refractivity contribution in [3.8, 4) is 0 Å². The van der Waals surface area contributed by atoms with Gasteiger partial charge in [-0.15, -0.1) is 11.8 Å². The maximum absolute atomic E-state index is 12.6. The molecule has 0 aromatic heterocycles. The molecule has 0 aliphatic carbocycles. The summed E-state index contributed by atoms with van der Waals surface area (Å²) in [6, 6.07) is 20.2. The molecule has 3 aromatic rings. The molecule has 1 saturated heterocycles. The smallest absolute Gasteiger partial charge is 0.257 e. The van der Waals surface area contributed by atoms with Crippen LogP contribution in [-0.4, -0.2) is 17.6 Å². The first-order valence-corrected chi connectivity index (χ1v) is 11.1. The van der Waals surface area contributed by atoms with Crippen molar-refractivity contribution in [3.05, 3.63) is 93.5 Å². The molecule has 2 amide bonds. The molecule has 4 nitrogen and oxygen atoms in total. The van der Waals surface area contributed by atoms with Gasteiger partial charge in [-0.25, -0.2) is 0 Å². The van der Waals surface area contributed by atoms with Crippen LogP contribution < -0.4 is 10.2 Å². The molecule has 0 radical (unpaired) electrons. The lowest BCUT2D eigenvalue weighted by atomic mass is 10.1. The molecule has 3 aromatic carbocycles.